The number of aliphatic hydroxyl groups is 1. The first kappa shape index (κ1) is 34.4. The van der Waals surface area contributed by atoms with Gasteiger partial charge in [-0.1, -0.05) is 45.9 Å². The number of hydrazine groups is 1. The number of hydrogen-bond donors (Lipinski definition) is 2. The molecule has 0 bridgehead atoms. The Morgan fingerprint density at radius 2 is 1.70 bits per heavy atom. The number of aliphatic hydroxyl groups excluding tert-OH is 1. The number of anilines is 1. The lowest BCUT2D eigenvalue weighted by atomic mass is 9.82. The van der Waals surface area contributed by atoms with Crippen molar-refractivity contribution < 1.29 is 45.4 Å². The average Bonchev–Trinajstić information content (AvgIpc) is 2.96. The van der Waals surface area contributed by atoms with E-state index in [2.05, 4.69) is 10.3 Å². The molecule has 0 saturated carbocycles. The fraction of sp³-hybridized carbons (Fsp3) is 0.344. The molecule has 2 N–H and O–H groups in total. The van der Waals surface area contributed by atoms with Gasteiger partial charge in [0.2, 0.25) is 0 Å². The Kier molecular flexibility index (Phi) is 9.26. The molecular formula is C32H31F7N4O3. The zero-order chi connectivity index (χ0) is 34.4. The molecule has 0 fully saturated rings. The summed E-state index contributed by atoms with van der Waals surface area (Å²) in [5, 5.41) is 15.9. The zero-order valence-corrected chi connectivity index (χ0v) is 25.4. The maximum Gasteiger partial charge on any atom is 0.416 e. The molecule has 0 saturated heterocycles. The summed E-state index contributed by atoms with van der Waals surface area (Å²) in [7, 11) is 1.42. The summed E-state index contributed by atoms with van der Waals surface area (Å²) in [5.74, 6) is -8.63. The van der Waals surface area contributed by atoms with Crippen LogP contribution in [0.1, 0.15) is 50.9 Å². The van der Waals surface area contributed by atoms with Gasteiger partial charge in [0.15, 0.2) is 11.6 Å². The number of nitrogens with zero attached hydrogens (tertiary/aromatic N) is 3. The maximum atomic E-state index is 14.6. The molecule has 1 unspecified atom stereocenters. The fourth-order valence-electron chi connectivity index (χ4n) is 5.24. The quantitative estimate of drug-likeness (QED) is 0.203. The standard InChI is InChI=1S/C32H31F7N4O3/c1-6-31(35,36)23-13-10-17(15-40-23)20-14-19(32(37,38)39)11-12-22(20)41-28(45)24-26(44)27(30(2,3)4)42(5)43(29(24)46)16-18-8-7-9-21(33)25(18)34/h7-15,27,44H,6,16H2,1-5H3,(H,41,45). The van der Waals surface area contributed by atoms with Crippen LogP contribution in [0.15, 0.2) is 66.1 Å². The van der Waals surface area contributed by atoms with Crippen molar-refractivity contribution in [1.29, 1.82) is 0 Å². The first-order valence-electron chi connectivity index (χ1n) is 14.1. The lowest BCUT2D eigenvalue weighted by Crippen LogP contribution is -2.59. The van der Waals surface area contributed by atoms with E-state index in [4.69, 9.17) is 0 Å². The van der Waals surface area contributed by atoms with E-state index in [0.29, 0.717) is 12.1 Å². The normalized spacial score (nSPS) is 16.7. The third-order valence-corrected chi connectivity index (χ3v) is 7.61. The molecule has 0 radical (unpaired) electrons. The molecule has 4 rings (SSSR count). The number of halogens is 7. The number of carbonyl (C=O) groups excluding carboxylic acids is 2. The molecule has 1 aromatic heterocycles. The van der Waals surface area contributed by atoms with E-state index < -0.39 is 82.6 Å². The number of alkyl halides is 5. The van der Waals surface area contributed by atoms with Gasteiger partial charge in [0.05, 0.1) is 18.2 Å². The number of likely N-dealkylation sites (N-methyl/N-ethyl adjacent to an activating group) is 1. The van der Waals surface area contributed by atoms with Crippen molar-refractivity contribution in [2.75, 3.05) is 12.4 Å². The van der Waals surface area contributed by atoms with Crippen LogP contribution in [0.2, 0.25) is 0 Å². The van der Waals surface area contributed by atoms with Gasteiger partial charge in [-0.15, -0.1) is 0 Å². The van der Waals surface area contributed by atoms with E-state index in [-0.39, 0.29) is 22.4 Å². The van der Waals surface area contributed by atoms with E-state index in [0.717, 1.165) is 35.5 Å². The second-order valence-corrected chi connectivity index (χ2v) is 11.9. The lowest BCUT2D eigenvalue weighted by Gasteiger charge is -2.46. The van der Waals surface area contributed by atoms with Crippen molar-refractivity contribution in [3.8, 4) is 11.1 Å². The summed E-state index contributed by atoms with van der Waals surface area (Å²) in [5.41, 5.74) is -4.12. The largest absolute Gasteiger partial charge is 0.509 e. The number of benzene rings is 2. The van der Waals surface area contributed by atoms with E-state index in [1.807, 2.05) is 0 Å². The predicted molar refractivity (Wildman–Crippen MR) is 155 cm³/mol. The lowest BCUT2D eigenvalue weighted by molar-refractivity contribution is -0.158. The Bertz CT molecular complexity index is 1680. The Morgan fingerprint density at radius 1 is 1.02 bits per heavy atom. The monoisotopic (exact) mass is 652 g/mol. The maximum absolute atomic E-state index is 14.6. The highest BCUT2D eigenvalue weighted by Gasteiger charge is 2.46. The summed E-state index contributed by atoms with van der Waals surface area (Å²) >= 11 is 0. The van der Waals surface area contributed by atoms with Gasteiger partial charge in [0.25, 0.3) is 17.7 Å². The highest BCUT2D eigenvalue weighted by molar-refractivity contribution is 6.24. The smallest absolute Gasteiger partial charge is 0.416 e. The van der Waals surface area contributed by atoms with Crippen LogP contribution in [0.5, 0.6) is 0 Å². The van der Waals surface area contributed by atoms with Crippen LogP contribution in [0.4, 0.5) is 36.4 Å². The molecular weight excluding hydrogens is 621 g/mol. The molecule has 246 valence electrons. The van der Waals surface area contributed by atoms with E-state index >= 15 is 0 Å². The summed E-state index contributed by atoms with van der Waals surface area (Å²) in [6.45, 7) is 5.81. The minimum absolute atomic E-state index is 0.0549. The number of carbonyl (C=O) groups is 2. The number of amides is 2. The van der Waals surface area contributed by atoms with Crippen LogP contribution in [0.3, 0.4) is 0 Å². The van der Waals surface area contributed by atoms with Gasteiger partial charge in [0, 0.05) is 42.0 Å². The van der Waals surface area contributed by atoms with Crippen molar-refractivity contribution in [2.45, 2.75) is 58.8 Å². The number of nitrogens with one attached hydrogen (secondary N) is 1. The second-order valence-electron chi connectivity index (χ2n) is 11.9. The molecule has 2 amide bonds. The topological polar surface area (TPSA) is 85.8 Å². The van der Waals surface area contributed by atoms with Crippen molar-refractivity contribution in [3.63, 3.8) is 0 Å². The highest BCUT2D eigenvalue weighted by Crippen LogP contribution is 2.39. The Morgan fingerprint density at radius 3 is 2.26 bits per heavy atom. The van der Waals surface area contributed by atoms with Crippen LogP contribution in [0, 0.1) is 17.0 Å². The summed E-state index contributed by atoms with van der Waals surface area (Å²) in [4.78, 5) is 31.1. The van der Waals surface area contributed by atoms with E-state index in [1.54, 1.807) is 20.8 Å². The minimum Gasteiger partial charge on any atom is -0.509 e. The van der Waals surface area contributed by atoms with Gasteiger partial charge < -0.3 is 10.4 Å². The molecule has 3 aromatic rings. The molecule has 1 aliphatic heterocycles. The first-order chi connectivity index (χ1) is 21.3. The van der Waals surface area contributed by atoms with E-state index in [9.17, 15) is 45.4 Å². The molecule has 7 nitrogen and oxygen atoms in total. The zero-order valence-electron chi connectivity index (χ0n) is 25.4. The van der Waals surface area contributed by atoms with Crippen LogP contribution in [-0.2, 0) is 28.2 Å². The predicted octanol–water partition coefficient (Wildman–Crippen LogP) is 7.60. The number of hydrogen-bond acceptors (Lipinski definition) is 5. The average molecular weight is 653 g/mol. The van der Waals surface area contributed by atoms with Crippen molar-refractivity contribution in [2.24, 2.45) is 5.41 Å². The van der Waals surface area contributed by atoms with Crippen molar-refractivity contribution in [1.82, 2.24) is 15.0 Å². The fourth-order valence-corrected chi connectivity index (χ4v) is 5.24. The van der Waals surface area contributed by atoms with Crippen LogP contribution in [0.25, 0.3) is 11.1 Å². The Hall–Kier alpha value is -4.46. The van der Waals surface area contributed by atoms with Gasteiger partial charge in [-0.3, -0.25) is 19.6 Å². The summed E-state index contributed by atoms with van der Waals surface area (Å²) in [6, 6.07) is 6.70. The van der Waals surface area contributed by atoms with Gasteiger partial charge in [-0.2, -0.15) is 22.0 Å². The van der Waals surface area contributed by atoms with Gasteiger partial charge >= 0.3 is 6.18 Å². The van der Waals surface area contributed by atoms with Crippen LogP contribution in [-0.4, -0.2) is 45.0 Å². The SMILES string of the molecule is CCC(F)(F)c1ccc(-c2cc(C(F)(F)F)ccc2NC(=O)C2=C(O)C(C(C)(C)C)N(C)N(Cc3cccc(F)c3F)C2=O)cn1. The molecule has 0 spiro atoms. The van der Waals surface area contributed by atoms with Gasteiger partial charge in [-0.05, 0) is 35.7 Å². The molecule has 14 heteroatoms. The molecule has 2 aromatic carbocycles. The Balaban J connectivity index is 1.79. The second kappa shape index (κ2) is 12.4. The van der Waals surface area contributed by atoms with Crippen molar-refractivity contribution in [3.05, 3.63) is 94.5 Å². The van der Waals surface area contributed by atoms with Gasteiger partial charge in [0.1, 0.15) is 17.0 Å². The molecule has 46 heavy (non-hydrogen) atoms. The van der Waals surface area contributed by atoms with Crippen molar-refractivity contribution >= 4 is 17.5 Å². The summed E-state index contributed by atoms with van der Waals surface area (Å²) in [6.07, 6.45) is -4.44. The van der Waals surface area contributed by atoms with E-state index in [1.165, 1.54) is 31.1 Å². The third kappa shape index (κ3) is 6.71. The Labute approximate surface area is 260 Å². The first-order valence-corrected chi connectivity index (χ1v) is 14.1. The third-order valence-electron chi connectivity index (χ3n) is 7.61. The van der Waals surface area contributed by atoms with Crippen LogP contribution < -0.4 is 5.32 Å². The van der Waals surface area contributed by atoms with Crippen LogP contribution >= 0.6 is 0 Å². The minimum atomic E-state index is -4.81. The number of pyridine rings is 1. The number of aromatic nitrogens is 1. The molecule has 2 heterocycles. The molecule has 1 atom stereocenters. The summed E-state index contributed by atoms with van der Waals surface area (Å²) < 4.78 is 97.8. The highest BCUT2D eigenvalue weighted by atomic mass is 19.4. The van der Waals surface area contributed by atoms with Gasteiger partial charge in [-0.25, -0.2) is 13.8 Å². The molecule has 1 aliphatic rings. The number of rotatable bonds is 7. The molecule has 0 aliphatic carbocycles.